The lowest BCUT2D eigenvalue weighted by Crippen LogP contribution is -2.60. The van der Waals surface area contributed by atoms with E-state index < -0.39 is 107 Å². The SMILES string of the molecule is CC(=O)N[C@@H](CC(=O)OC(C)(C)C)C(=O)N[C@@H](CCC(=O)OC(C)(C)C)C(=O)N[C@H](C(=O)NC(CC(=O)OC(C)(C)C)C(=O)NCCNC(=O)CCCCC[n+]1ccc(/C=C2\Sc3ccccc3N2C)c2ccccc21)C(C)C. The van der Waals surface area contributed by atoms with E-state index in [1.807, 2.05) is 18.2 Å². The first-order valence-corrected chi connectivity index (χ1v) is 27.7. The Morgan fingerprint density at radius 3 is 1.78 bits per heavy atom. The summed E-state index contributed by atoms with van der Waals surface area (Å²) < 4.78 is 18.5. The lowest BCUT2D eigenvalue weighted by Gasteiger charge is -2.28. The third-order valence-corrected chi connectivity index (χ3v) is 13.1. The molecule has 2 heterocycles. The van der Waals surface area contributed by atoms with Gasteiger partial charge in [0, 0.05) is 63.4 Å². The normalized spacial score (nSPS) is 14.5. The number of para-hydroxylation sites is 2. The van der Waals surface area contributed by atoms with E-state index in [-0.39, 0.29) is 38.3 Å². The van der Waals surface area contributed by atoms with Crippen LogP contribution in [0.15, 0.2) is 70.7 Å². The van der Waals surface area contributed by atoms with Crippen molar-refractivity contribution in [3.63, 3.8) is 0 Å². The number of benzene rings is 2. The number of aromatic nitrogens is 1. The van der Waals surface area contributed by atoms with Gasteiger partial charge in [-0.25, -0.2) is 0 Å². The van der Waals surface area contributed by atoms with Crippen molar-refractivity contribution in [2.24, 2.45) is 5.92 Å². The van der Waals surface area contributed by atoms with Gasteiger partial charge in [0.25, 0.3) is 0 Å². The number of fused-ring (bicyclic) bond motifs is 2. The maximum Gasteiger partial charge on any atom is 0.308 e. The van der Waals surface area contributed by atoms with Crippen LogP contribution in [-0.4, -0.2) is 114 Å². The number of esters is 3. The third-order valence-electron chi connectivity index (χ3n) is 11.9. The quantitative estimate of drug-likeness (QED) is 0.0245. The number of hydrogen-bond acceptors (Lipinski definition) is 14. The Bertz CT molecular complexity index is 2710. The molecule has 0 spiro atoms. The Morgan fingerprint density at radius 2 is 1.18 bits per heavy atom. The molecule has 0 radical (unpaired) electrons. The average Bonchev–Trinajstić information content (AvgIpc) is 3.72. The van der Waals surface area contributed by atoms with Crippen LogP contribution in [-0.2, 0) is 63.9 Å². The maximum absolute atomic E-state index is 14.1. The van der Waals surface area contributed by atoms with E-state index in [0.29, 0.717) is 6.42 Å². The van der Waals surface area contributed by atoms with E-state index in [4.69, 9.17) is 14.2 Å². The number of carbonyl (C=O) groups excluding carboxylic acids is 9. The van der Waals surface area contributed by atoms with Crippen molar-refractivity contribution in [2.75, 3.05) is 25.0 Å². The molecule has 0 bridgehead atoms. The van der Waals surface area contributed by atoms with Gasteiger partial charge in [-0.2, -0.15) is 4.57 Å². The van der Waals surface area contributed by atoms with Crippen molar-refractivity contribution < 1.29 is 61.9 Å². The van der Waals surface area contributed by atoms with Gasteiger partial charge in [0.2, 0.25) is 41.0 Å². The number of nitrogens with one attached hydrogen (secondary N) is 6. The smallest absolute Gasteiger partial charge is 0.308 e. The Balaban J connectivity index is 1.35. The third kappa shape index (κ3) is 22.3. The van der Waals surface area contributed by atoms with Crippen LogP contribution in [0.1, 0.15) is 140 Å². The van der Waals surface area contributed by atoms with Gasteiger partial charge in [-0.15, -0.1) is 0 Å². The Kier molecular flexibility index (Phi) is 23.9. The summed E-state index contributed by atoms with van der Waals surface area (Å²) in [5.74, 6) is -7.27. The molecular formula is C58H83N8O12S+. The van der Waals surface area contributed by atoms with Crippen LogP contribution in [0.2, 0.25) is 0 Å². The number of thioether (sulfide) groups is 1. The number of ether oxygens (including phenoxy) is 3. The number of anilines is 1. The van der Waals surface area contributed by atoms with Crippen LogP contribution in [0.4, 0.5) is 5.69 Å². The van der Waals surface area contributed by atoms with E-state index in [2.05, 4.69) is 97.1 Å². The largest absolute Gasteiger partial charge is 0.460 e. The molecule has 0 fully saturated rings. The lowest BCUT2D eigenvalue weighted by molar-refractivity contribution is -0.671. The van der Waals surface area contributed by atoms with Gasteiger partial charge in [0.15, 0.2) is 6.20 Å². The van der Waals surface area contributed by atoms with Gasteiger partial charge in [-0.1, -0.05) is 49.9 Å². The molecule has 3 aromatic rings. The minimum atomic E-state index is -1.50. The van der Waals surface area contributed by atoms with Crippen LogP contribution in [0.25, 0.3) is 17.0 Å². The molecule has 4 atom stereocenters. The zero-order valence-electron chi connectivity index (χ0n) is 48.2. The van der Waals surface area contributed by atoms with Crippen molar-refractivity contribution >= 4 is 87.8 Å². The second kappa shape index (κ2) is 29.3. The summed E-state index contributed by atoms with van der Waals surface area (Å²) in [5.41, 5.74) is 0.733. The van der Waals surface area contributed by atoms with Crippen molar-refractivity contribution in [3.05, 3.63) is 71.4 Å². The highest BCUT2D eigenvalue weighted by Gasteiger charge is 2.36. The number of amides is 6. The van der Waals surface area contributed by atoms with Crippen molar-refractivity contribution in [1.82, 2.24) is 31.9 Å². The number of rotatable bonds is 26. The predicted molar refractivity (Wildman–Crippen MR) is 302 cm³/mol. The molecule has 21 heteroatoms. The van der Waals surface area contributed by atoms with E-state index in [9.17, 15) is 43.2 Å². The molecular weight excluding hydrogens is 1030 g/mol. The molecule has 4 rings (SSSR count). The summed E-state index contributed by atoms with van der Waals surface area (Å²) in [6.45, 7) is 20.0. The zero-order valence-corrected chi connectivity index (χ0v) is 49.0. The van der Waals surface area contributed by atoms with Crippen molar-refractivity contribution in [3.8, 4) is 0 Å². The molecule has 1 unspecified atom stereocenters. The molecule has 1 aliphatic heterocycles. The van der Waals surface area contributed by atoms with E-state index >= 15 is 0 Å². The van der Waals surface area contributed by atoms with E-state index in [1.54, 1.807) is 87.9 Å². The minimum Gasteiger partial charge on any atom is -0.460 e. The molecule has 0 saturated carbocycles. The molecule has 0 aliphatic carbocycles. The summed E-state index contributed by atoms with van der Waals surface area (Å²) in [7, 11) is 2.08. The molecule has 20 nitrogen and oxygen atoms in total. The fourth-order valence-electron chi connectivity index (χ4n) is 8.36. The molecule has 79 heavy (non-hydrogen) atoms. The average molecular weight is 1120 g/mol. The number of nitrogens with zero attached hydrogens (tertiary/aromatic N) is 2. The topological polar surface area (TPSA) is 261 Å². The lowest BCUT2D eigenvalue weighted by atomic mass is 10.0. The van der Waals surface area contributed by atoms with Gasteiger partial charge < -0.3 is 51.0 Å². The molecule has 432 valence electrons. The van der Waals surface area contributed by atoms with Crippen LogP contribution >= 0.6 is 11.8 Å². The van der Waals surface area contributed by atoms with Crippen LogP contribution in [0.3, 0.4) is 0 Å². The fraction of sp³-hybridized carbons (Fsp3) is 0.552. The Labute approximate surface area is 469 Å². The highest BCUT2D eigenvalue weighted by atomic mass is 32.2. The fourth-order valence-corrected chi connectivity index (χ4v) is 9.47. The summed E-state index contributed by atoms with van der Waals surface area (Å²) in [4.78, 5) is 123. The second-order valence-corrected chi connectivity index (χ2v) is 23.9. The summed E-state index contributed by atoms with van der Waals surface area (Å²) >= 11 is 1.75. The number of pyridine rings is 1. The highest BCUT2D eigenvalue weighted by molar-refractivity contribution is 8.03. The van der Waals surface area contributed by atoms with Crippen molar-refractivity contribution in [1.29, 1.82) is 0 Å². The van der Waals surface area contributed by atoms with E-state index in [0.717, 1.165) is 47.8 Å². The highest BCUT2D eigenvalue weighted by Crippen LogP contribution is 2.45. The van der Waals surface area contributed by atoms with Gasteiger partial charge in [0.05, 0.1) is 28.9 Å². The molecule has 1 aliphatic rings. The van der Waals surface area contributed by atoms with E-state index in [1.165, 1.54) is 10.6 Å². The summed E-state index contributed by atoms with van der Waals surface area (Å²) in [6.07, 6.45) is 5.05. The number of aryl methyl sites for hydroxylation is 1. The maximum atomic E-state index is 14.1. The number of carbonyl (C=O) groups is 9. The first-order valence-electron chi connectivity index (χ1n) is 26.9. The van der Waals surface area contributed by atoms with Crippen LogP contribution in [0, 0.1) is 5.92 Å². The zero-order chi connectivity index (χ0) is 58.8. The minimum absolute atomic E-state index is 0.0413. The number of hydrogen-bond donors (Lipinski definition) is 6. The first-order chi connectivity index (χ1) is 36.9. The molecule has 6 amide bonds. The molecule has 0 saturated heterocycles. The van der Waals surface area contributed by atoms with Gasteiger partial charge in [-0.3, -0.25) is 43.2 Å². The van der Waals surface area contributed by atoms with Crippen LogP contribution in [0.5, 0.6) is 0 Å². The van der Waals surface area contributed by atoms with Gasteiger partial charge in [-0.05, 0) is 117 Å². The Morgan fingerprint density at radius 1 is 0.620 bits per heavy atom. The molecule has 1 aromatic heterocycles. The number of unbranched alkanes of at least 4 members (excludes halogenated alkanes) is 2. The van der Waals surface area contributed by atoms with Gasteiger partial charge in [0.1, 0.15) is 47.5 Å². The summed E-state index contributed by atoms with van der Waals surface area (Å²) in [5, 5.41) is 17.8. The monoisotopic (exact) mass is 1120 g/mol. The first kappa shape index (κ1) is 64.5. The molecule has 2 aromatic carbocycles. The predicted octanol–water partition coefficient (Wildman–Crippen LogP) is 5.66. The summed E-state index contributed by atoms with van der Waals surface area (Å²) in [6, 6.07) is 13.0. The van der Waals surface area contributed by atoms with Crippen LogP contribution < -0.4 is 41.4 Å². The van der Waals surface area contributed by atoms with Crippen molar-refractivity contribution in [2.45, 2.75) is 187 Å². The van der Waals surface area contributed by atoms with Gasteiger partial charge >= 0.3 is 17.9 Å². The second-order valence-electron chi connectivity index (χ2n) is 22.9. The standard InChI is InChI=1S/C58H82N8O12S/c1-36(2)51(64-53(73)40(26-27-48(69)76-56(4,5)6)62-54(74)42(61-37(3)67)35-50(71)78-58(10,11)12)55(75)63-41(34-49(70)77-57(7,8)9)52(72)60-30-29-59-46(68)25-15-14-20-31-66-32-28-38(39-21-16-17-22-43(39)66)33-47-65(13)44-23-18-19-24-45(44)79-47/h16-19,21-24,28,32-33,36,40-42,51H,14-15,20,25-27,29-31,34-35H2,1-13H3,(H5-,59,60,61,62,63,64,67,68,72,73,74,75)/p+1/t40-,41?,42-,51-/m0/s1. The Hall–Kier alpha value is -7.03. The molecule has 6 N–H and O–H groups in total.